The summed E-state index contributed by atoms with van der Waals surface area (Å²) < 4.78 is 16.2. The van der Waals surface area contributed by atoms with E-state index in [0.29, 0.717) is 19.6 Å². The number of hydrogen-bond acceptors (Lipinski definition) is 5. The molecule has 2 aliphatic heterocycles. The number of nitrogens with zero attached hydrogens (tertiary/aromatic N) is 1. The van der Waals surface area contributed by atoms with Crippen molar-refractivity contribution >= 4 is 11.7 Å². The maximum absolute atomic E-state index is 11.3. The zero-order valence-corrected chi connectivity index (χ0v) is 12.3. The van der Waals surface area contributed by atoms with Crippen LogP contribution < -0.4 is 4.90 Å². The molecule has 0 aromatic heterocycles. The number of esters is 1. The van der Waals surface area contributed by atoms with Crippen molar-refractivity contribution < 1.29 is 19.0 Å². The zero-order valence-electron chi connectivity index (χ0n) is 12.3. The molecule has 2 aliphatic rings. The van der Waals surface area contributed by atoms with E-state index in [0.717, 1.165) is 31.5 Å². The third-order valence-electron chi connectivity index (χ3n) is 4.22. The Labute approximate surface area is 124 Å². The summed E-state index contributed by atoms with van der Waals surface area (Å²) in [6.07, 6.45) is 2.12. The summed E-state index contributed by atoms with van der Waals surface area (Å²) in [4.78, 5) is 13.6. The molecule has 0 atom stereocenters. The van der Waals surface area contributed by atoms with Gasteiger partial charge in [0.05, 0.1) is 26.7 Å². The van der Waals surface area contributed by atoms with E-state index in [4.69, 9.17) is 9.47 Å². The summed E-state index contributed by atoms with van der Waals surface area (Å²) >= 11 is 0. The number of rotatable bonds is 3. The second-order valence-electron chi connectivity index (χ2n) is 5.51. The largest absolute Gasteiger partial charge is 0.469 e. The minimum Gasteiger partial charge on any atom is -0.469 e. The van der Waals surface area contributed by atoms with Crippen LogP contribution in [0.4, 0.5) is 5.69 Å². The van der Waals surface area contributed by atoms with E-state index in [1.807, 2.05) is 12.1 Å². The van der Waals surface area contributed by atoms with Crippen LogP contribution in [0.25, 0.3) is 0 Å². The maximum Gasteiger partial charge on any atom is 0.309 e. The van der Waals surface area contributed by atoms with E-state index in [9.17, 15) is 4.79 Å². The predicted octanol–water partition coefficient (Wildman–Crippen LogP) is 1.75. The number of carbonyl (C=O) groups is 1. The third-order valence-corrected chi connectivity index (χ3v) is 4.22. The number of benzene rings is 1. The van der Waals surface area contributed by atoms with E-state index in [1.54, 1.807) is 0 Å². The molecule has 0 bridgehead atoms. The molecular weight excluding hydrogens is 270 g/mol. The lowest BCUT2D eigenvalue weighted by atomic mass is 10.0. The van der Waals surface area contributed by atoms with Crippen LogP contribution in [0.2, 0.25) is 0 Å². The normalized spacial score (nSPS) is 20.7. The van der Waals surface area contributed by atoms with Gasteiger partial charge in [0, 0.05) is 31.6 Å². The molecule has 5 heteroatoms. The molecule has 2 heterocycles. The van der Waals surface area contributed by atoms with E-state index in [-0.39, 0.29) is 11.8 Å². The molecule has 3 rings (SSSR count). The first-order chi connectivity index (χ1) is 10.2. The van der Waals surface area contributed by atoms with Crippen LogP contribution in [0.1, 0.15) is 18.4 Å². The quantitative estimate of drug-likeness (QED) is 0.794. The molecule has 1 aromatic carbocycles. The molecule has 1 spiro atoms. The molecule has 0 saturated carbocycles. The lowest BCUT2D eigenvalue weighted by Crippen LogP contribution is -2.45. The molecule has 0 unspecified atom stereocenters. The Kier molecular flexibility index (Phi) is 4.12. The summed E-state index contributed by atoms with van der Waals surface area (Å²) in [5, 5.41) is 0. The monoisotopic (exact) mass is 291 g/mol. The van der Waals surface area contributed by atoms with Crippen LogP contribution in [0.15, 0.2) is 24.3 Å². The van der Waals surface area contributed by atoms with Crippen molar-refractivity contribution in [3.63, 3.8) is 0 Å². The highest BCUT2D eigenvalue weighted by Crippen LogP contribution is 2.33. The highest BCUT2D eigenvalue weighted by molar-refractivity contribution is 5.72. The van der Waals surface area contributed by atoms with Gasteiger partial charge in [0.15, 0.2) is 5.79 Å². The molecule has 1 aromatic rings. The van der Waals surface area contributed by atoms with E-state index >= 15 is 0 Å². The van der Waals surface area contributed by atoms with Crippen LogP contribution >= 0.6 is 0 Å². The Hall–Kier alpha value is -1.59. The van der Waals surface area contributed by atoms with Crippen molar-refractivity contribution in [2.75, 3.05) is 38.3 Å². The number of hydrogen-bond donors (Lipinski definition) is 0. The van der Waals surface area contributed by atoms with Gasteiger partial charge < -0.3 is 19.1 Å². The first-order valence-electron chi connectivity index (χ1n) is 7.39. The van der Waals surface area contributed by atoms with Crippen molar-refractivity contribution in [3.05, 3.63) is 29.8 Å². The first kappa shape index (κ1) is 14.4. The van der Waals surface area contributed by atoms with Gasteiger partial charge in [-0.3, -0.25) is 4.79 Å². The van der Waals surface area contributed by atoms with Gasteiger partial charge in [0.2, 0.25) is 0 Å². The molecule has 0 amide bonds. The summed E-state index contributed by atoms with van der Waals surface area (Å²) in [5.74, 6) is -0.542. The molecule has 21 heavy (non-hydrogen) atoms. The van der Waals surface area contributed by atoms with Gasteiger partial charge in [-0.2, -0.15) is 0 Å². The number of carbonyl (C=O) groups excluding carboxylic acids is 1. The standard InChI is InChI=1S/C16H21NO4/c1-19-15(18)12-13-2-4-14(5-3-13)17-8-6-16(7-9-17)20-10-11-21-16/h2-5H,6-12H2,1H3. The van der Waals surface area contributed by atoms with Crippen LogP contribution in [0, 0.1) is 0 Å². The van der Waals surface area contributed by atoms with Crippen molar-refractivity contribution in [3.8, 4) is 0 Å². The SMILES string of the molecule is COC(=O)Cc1ccc(N2CCC3(CC2)OCCO3)cc1. The van der Waals surface area contributed by atoms with Gasteiger partial charge in [-0.05, 0) is 17.7 Å². The Bertz CT molecular complexity index is 484. The van der Waals surface area contributed by atoms with Crippen molar-refractivity contribution in [1.29, 1.82) is 0 Å². The predicted molar refractivity (Wildman–Crippen MR) is 78.2 cm³/mol. The fourth-order valence-corrected chi connectivity index (χ4v) is 2.95. The van der Waals surface area contributed by atoms with E-state index < -0.39 is 0 Å². The van der Waals surface area contributed by atoms with E-state index in [1.165, 1.54) is 12.8 Å². The molecule has 0 aliphatic carbocycles. The van der Waals surface area contributed by atoms with Crippen molar-refractivity contribution in [2.45, 2.75) is 25.0 Å². The second kappa shape index (κ2) is 6.03. The smallest absolute Gasteiger partial charge is 0.309 e. The Morgan fingerprint density at radius 1 is 1.19 bits per heavy atom. The van der Waals surface area contributed by atoms with Crippen molar-refractivity contribution in [2.24, 2.45) is 0 Å². The molecule has 0 radical (unpaired) electrons. The number of anilines is 1. The second-order valence-corrected chi connectivity index (χ2v) is 5.51. The third kappa shape index (κ3) is 3.19. The van der Waals surface area contributed by atoms with Crippen LogP contribution in [0.3, 0.4) is 0 Å². The van der Waals surface area contributed by atoms with Crippen LogP contribution in [0.5, 0.6) is 0 Å². The summed E-state index contributed by atoms with van der Waals surface area (Å²) in [7, 11) is 1.41. The molecule has 2 saturated heterocycles. The van der Waals surface area contributed by atoms with Gasteiger partial charge in [0.25, 0.3) is 0 Å². The van der Waals surface area contributed by atoms with Gasteiger partial charge >= 0.3 is 5.97 Å². The summed E-state index contributed by atoms with van der Waals surface area (Å²) in [6.45, 7) is 3.27. The highest BCUT2D eigenvalue weighted by Gasteiger charge is 2.39. The molecule has 2 fully saturated rings. The van der Waals surface area contributed by atoms with Crippen LogP contribution in [-0.4, -0.2) is 45.2 Å². The minimum atomic E-state index is -0.332. The molecule has 5 nitrogen and oxygen atoms in total. The lowest BCUT2D eigenvalue weighted by molar-refractivity contribution is -0.169. The Morgan fingerprint density at radius 2 is 1.81 bits per heavy atom. The molecule has 114 valence electrons. The molecular formula is C16H21NO4. The number of ether oxygens (including phenoxy) is 3. The molecule has 0 N–H and O–H groups in total. The average Bonchev–Trinajstić information content (AvgIpc) is 2.97. The van der Waals surface area contributed by atoms with Gasteiger partial charge in [-0.1, -0.05) is 12.1 Å². The first-order valence-corrected chi connectivity index (χ1v) is 7.39. The highest BCUT2D eigenvalue weighted by atomic mass is 16.7. The summed E-state index contributed by atoms with van der Waals surface area (Å²) in [5.41, 5.74) is 2.15. The zero-order chi connectivity index (χ0) is 14.7. The summed E-state index contributed by atoms with van der Waals surface area (Å²) in [6, 6.07) is 8.09. The fraction of sp³-hybridized carbons (Fsp3) is 0.562. The Morgan fingerprint density at radius 3 is 2.38 bits per heavy atom. The average molecular weight is 291 g/mol. The van der Waals surface area contributed by atoms with Crippen molar-refractivity contribution in [1.82, 2.24) is 0 Å². The van der Waals surface area contributed by atoms with Gasteiger partial charge in [0.1, 0.15) is 0 Å². The van der Waals surface area contributed by atoms with E-state index in [2.05, 4.69) is 21.8 Å². The van der Waals surface area contributed by atoms with Crippen LogP contribution in [-0.2, 0) is 25.4 Å². The number of piperidine rings is 1. The van der Waals surface area contributed by atoms with Gasteiger partial charge in [-0.15, -0.1) is 0 Å². The topological polar surface area (TPSA) is 48.0 Å². The fourth-order valence-electron chi connectivity index (χ4n) is 2.95. The number of methoxy groups -OCH3 is 1. The minimum absolute atomic E-state index is 0.210. The van der Waals surface area contributed by atoms with Gasteiger partial charge in [-0.25, -0.2) is 0 Å². The maximum atomic E-state index is 11.3. The lowest BCUT2D eigenvalue weighted by Gasteiger charge is -2.38. The Balaban J connectivity index is 1.59.